The minimum absolute atomic E-state index is 0.872. The molecular formula is C52H33NO. The van der Waals surface area contributed by atoms with E-state index in [2.05, 4.69) is 205 Å². The highest BCUT2D eigenvalue weighted by Crippen LogP contribution is 2.48. The summed E-state index contributed by atoms with van der Waals surface area (Å²) < 4.78 is 6.88. The van der Waals surface area contributed by atoms with Gasteiger partial charge in [-0.05, 0) is 96.9 Å². The topological polar surface area (TPSA) is 16.4 Å². The lowest BCUT2D eigenvalue weighted by molar-refractivity contribution is 0.670. The van der Waals surface area contributed by atoms with E-state index in [1.165, 1.54) is 54.2 Å². The van der Waals surface area contributed by atoms with E-state index in [9.17, 15) is 0 Å². The molecule has 0 N–H and O–H groups in total. The summed E-state index contributed by atoms with van der Waals surface area (Å²) in [6.07, 6.45) is 0. The Hall–Kier alpha value is -7.16. The number of hydrogen-bond acceptors (Lipinski definition) is 2. The Bertz CT molecular complexity index is 3220. The highest BCUT2D eigenvalue weighted by atomic mass is 16.3. The van der Waals surface area contributed by atoms with E-state index in [0.29, 0.717) is 0 Å². The van der Waals surface area contributed by atoms with Gasteiger partial charge in [0.05, 0.1) is 16.8 Å². The van der Waals surface area contributed by atoms with Crippen molar-refractivity contribution in [2.24, 2.45) is 0 Å². The molecule has 1 heterocycles. The lowest BCUT2D eigenvalue weighted by atomic mass is 9.95. The monoisotopic (exact) mass is 687 g/mol. The molecule has 0 saturated heterocycles. The molecular weight excluding hydrogens is 655 g/mol. The molecule has 0 unspecified atom stereocenters. The van der Waals surface area contributed by atoms with Crippen LogP contribution in [0.1, 0.15) is 0 Å². The Morgan fingerprint density at radius 1 is 0.333 bits per heavy atom. The fourth-order valence-electron chi connectivity index (χ4n) is 8.47. The molecule has 0 atom stereocenters. The molecule has 0 fully saturated rings. The van der Waals surface area contributed by atoms with Gasteiger partial charge in [-0.15, -0.1) is 0 Å². The molecule has 11 aromatic rings. The third-order valence-corrected chi connectivity index (χ3v) is 11.0. The van der Waals surface area contributed by atoms with Gasteiger partial charge in [0.15, 0.2) is 0 Å². The third-order valence-electron chi connectivity index (χ3n) is 11.0. The number of rotatable bonds is 5. The second-order valence-electron chi connectivity index (χ2n) is 14.1. The molecule has 0 aliphatic heterocycles. The summed E-state index contributed by atoms with van der Waals surface area (Å²) in [5.41, 5.74) is 9.63. The van der Waals surface area contributed by atoms with Gasteiger partial charge in [-0.3, -0.25) is 0 Å². The number of para-hydroxylation sites is 1. The summed E-state index contributed by atoms with van der Waals surface area (Å²) >= 11 is 0. The summed E-state index contributed by atoms with van der Waals surface area (Å²) in [5.74, 6) is 0. The predicted molar refractivity (Wildman–Crippen MR) is 229 cm³/mol. The quantitative estimate of drug-likeness (QED) is 0.168. The summed E-state index contributed by atoms with van der Waals surface area (Å²) in [6.45, 7) is 0. The summed E-state index contributed by atoms with van der Waals surface area (Å²) in [7, 11) is 0. The van der Waals surface area contributed by atoms with Crippen LogP contribution in [0.5, 0.6) is 0 Å². The largest absolute Gasteiger partial charge is 0.455 e. The average Bonchev–Trinajstić information content (AvgIpc) is 3.64. The van der Waals surface area contributed by atoms with Crippen LogP contribution in [0.2, 0.25) is 0 Å². The molecule has 0 aliphatic carbocycles. The minimum atomic E-state index is 0.872. The maximum absolute atomic E-state index is 6.88. The maximum Gasteiger partial charge on any atom is 0.145 e. The van der Waals surface area contributed by atoms with Crippen LogP contribution in [0.25, 0.3) is 87.3 Å². The first-order valence-electron chi connectivity index (χ1n) is 18.5. The molecule has 1 aromatic heterocycles. The van der Waals surface area contributed by atoms with Gasteiger partial charge >= 0.3 is 0 Å². The van der Waals surface area contributed by atoms with Crippen molar-refractivity contribution in [1.82, 2.24) is 0 Å². The zero-order valence-electron chi connectivity index (χ0n) is 29.4. The van der Waals surface area contributed by atoms with Crippen molar-refractivity contribution in [2.75, 3.05) is 4.90 Å². The highest BCUT2D eigenvalue weighted by Gasteiger charge is 2.24. The Labute approximate surface area is 312 Å². The molecule has 0 aliphatic rings. The Morgan fingerprint density at radius 3 is 1.81 bits per heavy atom. The van der Waals surface area contributed by atoms with Gasteiger partial charge in [0, 0.05) is 22.0 Å². The Balaban J connectivity index is 1.18. The smallest absolute Gasteiger partial charge is 0.145 e. The van der Waals surface area contributed by atoms with Crippen LogP contribution in [0.15, 0.2) is 205 Å². The van der Waals surface area contributed by atoms with Crippen molar-refractivity contribution in [3.63, 3.8) is 0 Å². The number of nitrogens with zero attached hydrogens (tertiary/aromatic N) is 1. The fourth-order valence-corrected chi connectivity index (χ4v) is 8.47. The van der Waals surface area contributed by atoms with Crippen molar-refractivity contribution < 1.29 is 4.42 Å². The van der Waals surface area contributed by atoms with Gasteiger partial charge in [0.2, 0.25) is 0 Å². The van der Waals surface area contributed by atoms with E-state index in [1.54, 1.807) is 0 Å². The van der Waals surface area contributed by atoms with Crippen LogP contribution in [-0.2, 0) is 0 Å². The lowest BCUT2D eigenvalue weighted by Gasteiger charge is -2.28. The van der Waals surface area contributed by atoms with E-state index in [1.807, 2.05) is 0 Å². The molecule has 0 saturated carbocycles. The summed E-state index contributed by atoms with van der Waals surface area (Å²) in [6, 6.07) is 72.3. The van der Waals surface area contributed by atoms with Crippen LogP contribution in [-0.4, -0.2) is 0 Å². The standard InChI is InChI=1S/C52H33NO/c1-2-14-38-33-39(24-23-34(38)11-1)35-25-28-40(29-26-35)53(48-21-10-20-43-42-17-6-4-13-37(42)27-30-45(43)48)49-32-31-46(44-19-9-15-36-12-3-5-16-41(36)44)52-51(49)47-18-7-8-22-50(47)54-52/h1-33H. The van der Waals surface area contributed by atoms with Crippen LogP contribution in [0.4, 0.5) is 17.1 Å². The number of anilines is 3. The van der Waals surface area contributed by atoms with Crippen molar-refractivity contribution in [3.8, 4) is 22.3 Å². The summed E-state index contributed by atoms with van der Waals surface area (Å²) in [4.78, 5) is 2.43. The van der Waals surface area contributed by atoms with Crippen LogP contribution in [0, 0.1) is 0 Å². The Kier molecular flexibility index (Phi) is 6.90. The first kappa shape index (κ1) is 30.5. The van der Waals surface area contributed by atoms with E-state index < -0.39 is 0 Å². The average molecular weight is 688 g/mol. The van der Waals surface area contributed by atoms with Gasteiger partial charge in [-0.2, -0.15) is 0 Å². The predicted octanol–water partition coefficient (Wildman–Crippen LogP) is 15.0. The van der Waals surface area contributed by atoms with E-state index in [4.69, 9.17) is 4.42 Å². The Morgan fingerprint density at radius 2 is 0.963 bits per heavy atom. The second kappa shape index (κ2) is 12.2. The van der Waals surface area contributed by atoms with Gasteiger partial charge in [-0.25, -0.2) is 0 Å². The molecule has 2 heteroatoms. The van der Waals surface area contributed by atoms with E-state index >= 15 is 0 Å². The van der Waals surface area contributed by atoms with Crippen LogP contribution >= 0.6 is 0 Å². The molecule has 54 heavy (non-hydrogen) atoms. The molecule has 2 nitrogen and oxygen atoms in total. The van der Waals surface area contributed by atoms with Gasteiger partial charge in [0.25, 0.3) is 0 Å². The first-order chi connectivity index (χ1) is 26.8. The van der Waals surface area contributed by atoms with Crippen LogP contribution < -0.4 is 4.90 Å². The van der Waals surface area contributed by atoms with Gasteiger partial charge in [-0.1, -0.05) is 158 Å². The maximum atomic E-state index is 6.88. The van der Waals surface area contributed by atoms with Crippen molar-refractivity contribution >= 4 is 82.1 Å². The molecule has 0 bridgehead atoms. The van der Waals surface area contributed by atoms with Crippen molar-refractivity contribution in [2.45, 2.75) is 0 Å². The lowest BCUT2D eigenvalue weighted by Crippen LogP contribution is -2.11. The molecule has 0 spiro atoms. The molecule has 252 valence electrons. The normalized spacial score (nSPS) is 11.7. The SMILES string of the molecule is c1ccc2cc(-c3ccc(N(c4cccc5c4ccc4ccccc45)c4ccc(-c5cccc6ccccc56)c5oc6ccccc6c45)cc3)ccc2c1. The third kappa shape index (κ3) is 4.81. The van der Waals surface area contributed by atoms with Crippen molar-refractivity contribution in [3.05, 3.63) is 200 Å². The number of hydrogen-bond donors (Lipinski definition) is 0. The first-order valence-corrected chi connectivity index (χ1v) is 18.5. The minimum Gasteiger partial charge on any atom is -0.455 e. The van der Waals surface area contributed by atoms with Crippen LogP contribution in [0.3, 0.4) is 0 Å². The fraction of sp³-hybridized carbons (Fsp3) is 0. The van der Waals surface area contributed by atoms with Gasteiger partial charge < -0.3 is 9.32 Å². The molecule has 11 rings (SSSR count). The molecule has 10 aromatic carbocycles. The zero-order chi connectivity index (χ0) is 35.6. The number of furan rings is 1. The number of benzene rings is 10. The zero-order valence-corrected chi connectivity index (χ0v) is 29.4. The van der Waals surface area contributed by atoms with E-state index in [0.717, 1.165) is 50.1 Å². The molecule has 0 radical (unpaired) electrons. The second-order valence-corrected chi connectivity index (χ2v) is 14.1. The number of fused-ring (bicyclic) bond motifs is 8. The summed E-state index contributed by atoms with van der Waals surface area (Å²) in [5, 5.41) is 12.0. The van der Waals surface area contributed by atoms with Gasteiger partial charge in [0.1, 0.15) is 11.2 Å². The highest BCUT2D eigenvalue weighted by molar-refractivity contribution is 6.20. The van der Waals surface area contributed by atoms with Crippen molar-refractivity contribution in [1.29, 1.82) is 0 Å². The van der Waals surface area contributed by atoms with E-state index in [-0.39, 0.29) is 0 Å². The molecule has 0 amide bonds.